The quantitative estimate of drug-likeness (QED) is 0.833. The summed E-state index contributed by atoms with van der Waals surface area (Å²) in [5.41, 5.74) is 0.440. The van der Waals surface area contributed by atoms with Crippen LogP contribution in [-0.2, 0) is 5.60 Å². The van der Waals surface area contributed by atoms with Gasteiger partial charge in [0.15, 0.2) is 0 Å². The van der Waals surface area contributed by atoms with Crippen LogP contribution in [0.25, 0.3) is 10.8 Å². The summed E-state index contributed by atoms with van der Waals surface area (Å²) in [7, 11) is 1.67. The van der Waals surface area contributed by atoms with Crippen LogP contribution in [0, 0.1) is 0 Å². The minimum atomic E-state index is -0.591. The van der Waals surface area contributed by atoms with Gasteiger partial charge in [0.05, 0.1) is 12.7 Å². The average Bonchev–Trinajstić information content (AvgIpc) is 3.07. The van der Waals surface area contributed by atoms with Crippen molar-refractivity contribution in [2.24, 2.45) is 0 Å². The first kappa shape index (κ1) is 9.67. The van der Waals surface area contributed by atoms with Gasteiger partial charge in [-0.25, -0.2) is 0 Å². The van der Waals surface area contributed by atoms with Crippen molar-refractivity contribution in [3.05, 3.63) is 42.0 Å². The first-order valence-electron chi connectivity index (χ1n) is 5.53. The number of fused-ring (bicyclic) bond motifs is 1. The lowest BCUT2D eigenvalue weighted by atomic mass is 9.98. The van der Waals surface area contributed by atoms with E-state index in [9.17, 15) is 5.11 Å². The molecule has 2 nitrogen and oxygen atoms in total. The summed E-state index contributed by atoms with van der Waals surface area (Å²) < 4.78 is 5.33. The first-order chi connectivity index (χ1) is 7.74. The minimum absolute atomic E-state index is 0.591. The zero-order valence-corrected chi connectivity index (χ0v) is 9.23. The minimum Gasteiger partial charge on any atom is -0.496 e. The smallest absolute Gasteiger partial charge is 0.126 e. The Morgan fingerprint density at radius 1 is 1.06 bits per heavy atom. The van der Waals surface area contributed by atoms with Gasteiger partial charge >= 0.3 is 0 Å². The van der Waals surface area contributed by atoms with E-state index in [-0.39, 0.29) is 0 Å². The Morgan fingerprint density at radius 3 is 2.38 bits per heavy atom. The lowest BCUT2D eigenvalue weighted by Crippen LogP contribution is -2.05. The molecule has 2 aromatic carbocycles. The topological polar surface area (TPSA) is 29.5 Å². The fourth-order valence-electron chi connectivity index (χ4n) is 2.24. The number of ether oxygens (including phenoxy) is 1. The molecule has 0 saturated heterocycles. The van der Waals surface area contributed by atoms with Gasteiger partial charge < -0.3 is 9.84 Å². The highest BCUT2D eigenvalue weighted by Crippen LogP contribution is 2.48. The fourth-order valence-corrected chi connectivity index (χ4v) is 2.24. The van der Waals surface area contributed by atoms with Gasteiger partial charge in [0.1, 0.15) is 5.75 Å². The Hall–Kier alpha value is -1.54. The molecule has 1 fully saturated rings. The number of benzene rings is 2. The van der Waals surface area contributed by atoms with E-state index in [2.05, 4.69) is 0 Å². The van der Waals surface area contributed by atoms with Crippen molar-refractivity contribution < 1.29 is 9.84 Å². The summed E-state index contributed by atoms with van der Waals surface area (Å²) in [6.07, 6.45) is 1.73. The third-order valence-electron chi connectivity index (χ3n) is 3.33. The summed E-state index contributed by atoms with van der Waals surface area (Å²) in [6, 6.07) is 12.0. The van der Waals surface area contributed by atoms with Crippen molar-refractivity contribution in [2.75, 3.05) is 7.11 Å². The van der Waals surface area contributed by atoms with Gasteiger partial charge in [-0.2, -0.15) is 0 Å². The van der Waals surface area contributed by atoms with Gasteiger partial charge in [0.2, 0.25) is 0 Å². The maximum Gasteiger partial charge on any atom is 0.126 e. The maximum atomic E-state index is 10.2. The molecule has 0 amide bonds. The number of aliphatic hydroxyl groups is 1. The molecule has 0 radical (unpaired) electrons. The molecule has 0 atom stereocenters. The standard InChI is InChI=1S/C14H14O2/c1-16-13-7-6-12(14(15)8-9-14)10-4-2-3-5-11(10)13/h2-7,15H,8-9H2,1H3. The molecular formula is C14H14O2. The van der Waals surface area contributed by atoms with Crippen molar-refractivity contribution in [1.29, 1.82) is 0 Å². The van der Waals surface area contributed by atoms with Crippen LogP contribution in [0.2, 0.25) is 0 Å². The molecule has 0 bridgehead atoms. The van der Waals surface area contributed by atoms with Crippen molar-refractivity contribution in [3.8, 4) is 5.75 Å². The average molecular weight is 214 g/mol. The third kappa shape index (κ3) is 1.30. The lowest BCUT2D eigenvalue weighted by molar-refractivity contribution is 0.153. The monoisotopic (exact) mass is 214 g/mol. The summed E-state index contributed by atoms with van der Waals surface area (Å²) >= 11 is 0. The van der Waals surface area contributed by atoms with Crippen LogP contribution in [0.4, 0.5) is 0 Å². The summed E-state index contributed by atoms with van der Waals surface area (Å²) in [4.78, 5) is 0. The summed E-state index contributed by atoms with van der Waals surface area (Å²) in [6.45, 7) is 0. The molecule has 1 N–H and O–H groups in total. The second kappa shape index (κ2) is 3.22. The molecule has 0 heterocycles. The highest BCUT2D eigenvalue weighted by Gasteiger charge is 2.43. The molecule has 2 heteroatoms. The van der Waals surface area contributed by atoms with Gasteiger partial charge in [-0.15, -0.1) is 0 Å². The predicted molar refractivity (Wildman–Crippen MR) is 63.6 cm³/mol. The lowest BCUT2D eigenvalue weighted by Gasteiger charge is -2.14. The molecule has 0 spiro atoms. The zero-order valence-electron chi connectivity index (χ0n) is 9.23. The van der Waals surface area contributed by atoms with Crippen LogP contribution in [0.5, 0.6) is 5.75 Å². The van der Waals surface area contributed by atoms with E-state index in [1.54, 1.807) is 7.11 Å². The maximum absolute atomic E-state index is 10.2. The van der Waals surface area contributed by atoms with E-state index >= 15 is 0 Å². The molecule has 0 aliphatic heterocycles. The van der Waals surface area contributed by atoms with E-state index in [1.165, 1.54) is 0 Å². The molecule has 16 heavy (non-hydrogen) atoms. The normalized spacial score (nSPS) is 17.4. The number of methoxy groups -OCH3 is 1. The second-order valence-electron chi connectivity index (χ2n) is 4.39. The largest absolute Gasteiger partial charge is 0.496 e. The Bertz CT molecular complexity index is 541. The Labute approximate surface area is 94.5 Å². The highest BCUT2D eigenvalue weighted by atomic mass is 16.5. The summed E-state index contributed by atoms with van der Waals surface area (Å²) in [5.74, 6) is 0.864. The molecule has 2 aromatic rings. The van der Waals surface area contributed by atoms with Crippen LogP contribution in [0.1, 0.15) is 18.4 Å². The van der Waals surface area contributed by atoms with Gasteiger partial charge in [-0.1, -0.05) is 30.3 Å². The van der Waals surface area contributed by atoms with Crippen molar-refractivity contribution in [3.63, 3.8) is 0 Å². The van der Waals surface area contributed by atoms with E-state index in [0.717, 1.165) is 34.9 Å². The van der Waals surface area contributed by atoms with Crippen LogP contribution in [0.3, 0.4) is 0 Å². The molecule has 0 unspecified atom stereocenters. The first-order valence-corrected chi connectivity index (χ1v) is 5.53. The molecule has 1 aliphatic rings. The van der Waals surface area contributed by atoms with Crippen LogP contribution in [0.15, 0.2) is 36.4 Å². The SMILES string of the molecule is COc1ccc(C2(O)CC2)c2ccccc12. The van der Waals surface area contributed by atoms with Crippen LogP contribution < -0.4 is 4.74 Å². The number of hydrogen-bond donors (Lipinski definition) is 1. The van der Waals surface area contributed by atoms with E-state index in [0.29, 0.717) is 0 Å². The Balaban J connectivity index is 2.32. The molecule has 0 aromatic heterocycles. The molecule has 1 aliphatic carbocycles. The molecule has 82 valence electrons. The van der Waals surface area contributed by atoms with Crippen molar-refractivity contribution in [2.45, 2.75) is 18.4 Å². The molecular weight excluding hydrogens is 200 g/mol. The molecule has 1 saturated carbocycles. The molecule has 3 rings (SSSR count). The van der Waals surface area contributed by atoms with E-state index < -0.39 is 5.60 Å². The number of hydrogen-bond acceptors (Lipinski definition) is 2. The van der Waals surface area contributed by atoms with Gasteiger partial charge in [-0.3, -0.25) is 0 Å². The Kier molecular flexibility index (Phi) is 1.95. The van der Waals surface area contributed by atoms with E-state index in [4.69, 9.17) is 4.74 Å². The van der Waals surface area contributed by atoms with Crippen LogP contribution in [-0.4, -0.2) is 12.2 Å². The van der Waals surface area contributed by atoms with Gasteiger partial charge in [0.25, 0.3) is 0 Å². The fraction of sp³-hybridized carbons (Fsp3) is 0.286. The highest BCUT2D eigenvalue weighted by molar-refractivity contribution is 5.92. The van der Waals surface area contributed by atoms with Crippen molar-refractivity contribution >= 4 is 10.8 Å². The third-order valence-corrected chi connectivity index (χ3v) is 3.33. The Morgan fingerprint density at radius 2 is 1.75 bits per heavy atom. The van der Waals surface area contributed by atoms with Gasteiger partial charge in [0, 0.05) is 5.39 Å². The zero-order chi connectivity index (χ0) is 11.2. The van der Waals surface area contributed by atoms with E-state index in [1.807, 2.05) is 36.4 Å². The predicted octanol–water partition coefficient (Wildman–Crippen LogP) is 2.83. The summed E-state index contributed by atoms with van der Waals surface area (Å²) in [5, 5.41) is 12.4. The second-order valence-corrected chi connectivity index (χ2v) is 4.39. The van der Waals surface area contributed by atoms with Gasteiger partial charge in [-0.05, 0) is 29.9 Å². The van der Waals surface area contributed by atoms with Crippen LogP contribution >= 0.6 is 0 Å². The number of rotatable bonds is 2. The van der Waals surface area contributed by atoms with Crippen molar-refractivity contribution in [1.82, 2.24) is 0 Å².